The molecule has 1 aromatic carbocycles. The van der Waals surface area contributed by atoms with Gasteiger partial charge in [-0.25, -0.2) is 18.4 Å². The molecule has 0 fully saturated rings. The van der Waals surface area contributed by atoms with E-state index in [0.717, 1.165) is 11.3 Å². The molecule has 5 aromatic rings. The van der Waals surface area contributed by atoms with Crippen molar-refractivity contribution in [2.45, 2.75) is 32.9 Å². The highest BCUT2D eigenvalue weighted by Gasteiger charge is 2.23. The van der Waals surface area contributed by atoms with Gasteiger partial charge in [-0.05, 0) is 61.9 Å². The van der Waals surface area contributed by atoms with E-state index in [1.807, 2.05) is 60.3 Å². The number of nitrogens with one attached hydrogen (secondary N) is 1. The number of hydrogen-bond donors (Lipinski definition) is 1. The van der Waals surface area contributed by atoms with E-state index in [1.54, 1.807) is 19.1 Å². The summed E-state index contributed by atoms with van der Waals surface area (Å²) in [6.45, 7) is 3.36. The standard InChI is InChI=1S/C26H23F2N5O2/c1-16(18-7-9-19(10-8-18)32-11-3-4-12-32)29-23(34)15-33-26-24(17(2)31-33)20(25(27)28)14-21(30-26)22-6-5-13-35-22/h3-14,16,25H,15H2,1-2H3,(H,29,34). The highest BCUT2D eigenvalue weighted by Crippen LogP contribution is 2.33. The molecule has 4 aromatic heterocycles. The molecule has 1 atom stereocenters. The van der Waals surface area contributed by atoms with Crippen molar-refractivity contribution in [1.82, 2.24) is 24.6 Å². The first-order valence-corrected chi connectivity index (χ1v) is 11.1. The van der Waals surface area contributed by atoms with Crippen LogP contribution in [0, 0.1) is 6.92 Å². The van der Waals surface area contributed by atoms with Crippen molar-refractivity contribution in [1.29, 1.82) is 0 Å². The fraction of sp³-hybridized carbons (Fsp3) is 0.192. The third-order valence-corrected chi connectivity index (χ3v) is 5.88. The molecule has 1 N–H and O–H groups in total. The van der Waals surface area contributed by atoms with Crippen LogP contribution in [-0.4, -0.2) is 25.2 Å². The molecule has 178 valence electrons. The van der Waals surface area contributed by atoms with E-state index in [2.05, 4.69) is 15.4 Å². The second-order valence-electron chi connectivity index (χ2n) is 8.29. The van der Waals surface area contributed by atoms with Gasteiger partial charge in [-0.15, -0.1) is 0 Å². The number of alkyl halides is 2. The van der Waals surface area contributed by atoms with Crippen LogP contribution in [0.2, 0.25) is 0 Å². The Morgan fingerprint density at radius 1 is 1.11 bits per heavy atom. The zero-order valence-corrected chi connectivity index (χ0v) is 19.2. The topological polar surface area (TPSA) is 77.9 Å². The Labute approximate surface area is 200 Å². The van der Waals surface area contributed by atoms with Gasteiger partial charge in [0.15, 0.2) is 11.4 Å². The van der Waals surface area contributed by atoms with E-state index in [4.69, 9.17) is 4.42 Å². The third kappa shape index (κ3) is 4.44. The molecule has 0 aliphatic rings. The molecule has 1 unspecified atom stereocenters. The Morgan fingerprint density at radius 3 is 2.51 bits per heavy atom. The minimum absolute atomic E-state index is 0.159. The SMILES string of the molecule is Cc1nn(CC(=O)NC(C)c2ccc(-n3cccc3)cc2)c2nc(-c3ccco3)cc(C(F)F)c12. The number of amides is 1. The average molecular weight is 475 g/mol. The Balaban J connectivity index is 1.38. The molecule has 0 aliphatic heterocycles. The molecule has 0 saturated heterocycles. The van der Waals surface area contributed by atoms with Gasteiger partial charge in [0, 0.05) is 23.6 Å². The van der Waals surface area contributed by atoms with Gasteiger partial charge in [0.05, 0.1) is 23.4 Å². The maximum absolute atomic E-state index is 13.9. The second kappa shape index (κ2) is 9.17. The summed E-state index contributed by atoms with van der Waals surface area (Å²) in [7, 11) is 0. The first-order chi connectivity index (χ1) is 16.9. The van der Waals surface area contributed by atoms with E-state index < -0.39 is 6.43 Å². The van der Waals surface area contributed by atoms with Gasteiger partial charge < -0.3 is 14.3 Å². The number of nitrogens with zero attached hydrogens (tertiary/aromatic N) is 4. The largest absolute Gasteiger partial charge is 0.463 e. The lowest BCUT2D eigenvalue weighted by atomic mass is 10.1. The summed E-state index contributed by atoms with van der Waals surface area (Å²) in [5.74, 6) is 0.0563. The van der Waals surface area contributed by atoms with Gasteiger partial charge in [0.1, 0.15) is 12.2 Å². The smallest absolute Gasteiger partial charge is 0.264 e. The van der Waals surface area contributed by atoms with Gasteiger partial charge in [-0.3, -0.25) is 4.79 Å². The van der Waals surface area contributed by atoms with Gasteiger partial charge in [0.2, 0.25) is 5.91 Å². The number of rotatable bonds is 7. The monoisotopic (exact) mass is 475 g/mol. The van der Waals surface area contributed by atoms with Crippen molar-refractivity contribution >= 4 is 16.9 Å². The molecule has 4 heterocycles. The summed E-state index contributed by atoms with van der Waals surface area (Å²) in [5.41, 5.74) is 2.62. The van der Waals surface area contributed by atoms with Crippen LogP contribution < -0.4 is 5.32 Å². The van der Waals surface area contributed by atoms with Crippen molar-refractivity contribution < 1.29 is 18.0 Å². The normalized spacial score (nSPS) is 12.4. The summed E-state index contributed by atoms with van der Waals surface area (Å²) in [6, 6.07) is 16.1. The number of hydrogen-bond acceptors (Lipinski definition) is 4. The number of benzene rings is 1. The lowest BCUT2D eigenvalue weighted by molar-refractivity contribution is -0.122. The maximum atomic E-state index is 13.9. The molecule has 0 spiro atoms. The molecule has 9 heteroatoms. The summed E-state index contributed by atoms with van der Waals surface area (Å²) in [4.78, 5) is 17.4. The summed E-state index contributed by atoms with van der Waals surface area (Å²) < 4.78 is 36.4. The predicted molar refractivity (Wildman–Crippen MR) is 127 cm³/mol. The Hall–Kier alpha value is -4.27. The fourth-order valence-corrected chi connectivity index (χ4v) is 4.17. The van der Waals surface area contributed by atoms with Crippen molar-refractivity contribution in [2.75, 3.05) is 0 Å². The maximum Gasteiger partial charge on any atom is 0.264 e. The summed E-state index contributed by atoms with van der Waals surface area (Å²) in [5, 5.41) is 7.54. The predicted octanol–water partition coefficient (Wildman–Crippen LogP) is 5.61. The molecule has 0 radical (unpaired) electrons. The Bertz CT molecular complexity index is 1460. The highest BCUT2D eigenvalue weighted by atomic mass is 19.3. The van der Waals surface area contributed by atoms with E-state index in [1.165, 1.54) is 17.0 Å². The summed E-state index contributed by atoms with van der Waals surface area (Å²) in [6.07, 6.45) is 2.64. The lowest BCUT2D eigenvalue weighted by Crippen LogP contribution is -2.30. The third-order valence-electron chi connectivity index (χ3n) is 5.88. The van der Waals surface area contributed by atoms with Crippen LogP contribution in [-0.2, 0) is 11.3 Å². The van der Waals surface area contributed by atoms with Crippen molar-refractivity contribution in [2.24, 2.45) is 0 Å². The number of carbonyl (C=O) groups excluding carboxylic acids is 1. The zero-order valence-electron chi connectivity index (χ0n) is 19.2. The van der Waals surface area contributed by atoms with Crippen LogP contribution in [0.1, 0.15) is 36.2 Å². The van der Waals surface area contributed by atoms with Crippen molar-refractivity contribution in [3.8, 4) is 17.1 Å². The molecule has 7 nitrogen and oxygen atoms in total. The van der Waals surface area contributed by atoms with Crippen LogP contribution in [0.5, 0.6) is 0 Å². The minimum atomic E-state index is -2.73. The number of halogens is 2. The molecule has 0 aliphatic carbocycles. The van der Waals surface area contributed by atoms with Crippen molar-refractivity contribution in [3.05, 3.63) is 90.1 Å². The number of aryl methyl sites for hydroxylation is 1. The van der Waals surface area contributed by atoms with Crippen LogP contribution in [0.3, 0.4) is 0 Å². The molecular formula is C26H23F2N5O2. The second-order valence-corrected chi connectivity index (χ2v) is 8.29. The molecule has 0 saturated carbocycles. The van der Waals surface area contributed by atoms with Crippen LogP contribution in [0.25, 0.3) is 28.2 Å². The zero-order chi connectivity index (χ0) is 24.5. The van der Waals surface area contributed by atoms with Crippen molar-refractivity contribution in [3.63, 3.8) is 0 Å². The lowest BCUT2D eigenvalue weighted by Gasteiger charge is -2.15. The van der Waals surface area contributed by atoms with Crippen LogP contribution >= 0.6 is 0 Å². The summed E-state index contributed by atoms with van der Waals surface area (Å²) >= 11 is 0. The Kier molecular flexibility index (Phi) is 5.90. The first-order valence-electron chi connectivity index (χ1n) is 11.1. The molecule has 5 rings (SSSR count). The van der Waals surface area contributed by atoms with E-state index in [-0.39, 0.29) is 40.8 Å². The number of furan rings is 1. The van der Waals surface area contributed by atoms with Crippen LogP contribution in [0.4, 0.5) is 8.78 Å². The van der Waals surface area contributed by atoms with Gasteiger partial charge in [-0.2, -0.15) is 5.10 Å². The molecule has 0 bridgehead atoms. The number of pyridine rings is 1. The number of fused-ring (bicyclic) bond motifs is 1. The molecular weight excluding hydrogens is 452 g/mol. The fourth-order valence-electron chi connectivity index (χ4n) is 4.17. The highest BCUT2D eigenvalue weighted by molar-refractivity contribution is 5.86. The van der Waals surface area contributed by atoms with Gasteiger partial charge in [0.25, 0.3) is 6.43 Å². The number of carbonyl (C=O) groups is 1. The van der Waals surface area contributed by atoms with Crippen LogP contribution in [0.15, 0.2) is 77.7 Å². The van der Waals surface area contributed by atoms with Gasteiger partial charge in [-0.1, -0.05) is 12.1 Å². The van der Waals surface area contributed by atoms with E-state index >= 15 is 0 Å². The van der Waals surface area contributed by atoms with E-state index in [9.17, 15) is 13.6 Å². The number of aromatic nitrogens is 4. The van der Waals surface area contributed by atoms with E-state index in [0.29, 0.717) is 11.5 Å². The Morgan fingerprint density at radius 2 is 1.86 bits per heavy atom. The quantitative estimate of drug-likeness (QED) is 0.332. The first kappa shape index (κ1) is 22.5. The van der Waals surface area contributed by atoms with Gasteiger partial charge >= 0.3 is 0 Å². The minimum Gasteiger partial charge on any atom is -0.463 e. The average Bonchev–Trinajstić information content (AvgIpc) is 3.61. The molecule has 1 amide bonds. The molecule has 35 heavy (non-hydrogen) atoms.